The number of rotatable bonds is 5. The second-order valence-corrected chi connectivity index (χ2v) is 5.13. The zero-order valence-electron chi connectivity index (χ0n) is 13.3. The Bertz CT molecular complexity index is 873. The molecule has 3 heterocycles. The topological polar surface area (TPSA) is 117 Å². The molecule has 0 bridgehead atoms. The molecule has 3 rings (SSSR count). The van der Waals surface area contributed by atoms with Gasteiger partial charge in [0.05, 0.1) is 0 Å². The molecule has 3 aromatic heterocycles. The van der Waals surface area contributed by atoms with Gasteiger partial charge in [-0.15, -0.1) is 5.10 Å². The number of nitrogens with zero attached hydrogens (tertiary/aromatic N) is 7. The Hall–Kier alpha value is -3.36. The van der Waals surface area contributed by atoms with E-state index in [4.69, 9.17) is 10.6 Å². The fourth-order valence-corrected chi connectivity index (χ4v) is 2.03. The molecular formula is C15H16N8O. The highest BCUT2D eigenvalue weighted by Gasteiger charge is 2.09. The van der Waals surface area contributed by atoms with Crippen molar-refractivity contribution in [2.45, 2.75) is 20.3 Å². The molecule has 122 valence electrons. The molecule has 0 unspecified atom stereocenters. The lowest BCUT2D eigenvalue weighted by molar-refractivity contribution is 0.323. The number of pyridine rings is 2. The lowest BCUT2D eigenvalue weighted by atomic mass is 10.1. The van der Waals surface area contributed by atoms with Crippen LogP contribution in [0.4, 0.5) is 5.82 Å². The Labute approximate surface area is 138 Å². The minimum absolute atomic E-state index is 0.404. The van der Waals surface area contributed by atoms with Gasteiger partial charge in [0.1, 0.15) is 5.82 Å². The fourth-order valence-electron chi connectivity index (χ4n) is 2.03. The number of aromatic nitrogens is 6. The molecule has 0 fully saturated rings. The van der Waals surface area contributed by atoms with Crippen molar-refractivity contribution < 1.29 is 4.84 Å². The van der Waals surface area contributed by atoms with Crippen molar-refractivity contribution >= 4 is 12.2 Å². The molecule has 0 aromatic carbocycles. The van der Waals surface area contributed by atoms with Crippen LogP contribution in [0, 0.1) is 13.8 Å². The molecule has 0 aliphatic heterocycles. The van der Waals surface area contributed by atoms with Crippen LogP contribution >= 0.6 is 0 Å². The van der Waals surface area contributed by atoms with Crippen LogP contribution in [0.2, 0.25) is 0 Å². The smallest absolute Gasteiger partial charge is 0.252 e. The Balaban J connectivity index is 1.80. The van der Waals surface area contributed by atoms with Crippen LogP contribution in [0.5, 0.6) is 5.88 Å². The summed E-state index contributed by atoms with van der Waals surface area (Å²) in [6, 6.07) is 9.34. The Kier molecular flexibility index (Phi) is 4.41. The van der Waals surface area contributed by atoms with Gasteiger partial charge in [0.15, 0.2) is 12.2 Å². The fraction of sp³-hybridized carbons (Fsp3) is 0.200. The average molecular weight is 324 g/mol. The van der Waals surface area contributed by atoms with E-state index in [1.807, 2.05) is 31.2 Å². The van der Waals surface area contributed by atoms with Crippen LogP contribution in [-0.4, -0.2) is 36.5 Å². The predicted octanol–water partition coefficient (Wildman–Crippen LogP) is 1.12. The molecule has 3 aromatic rings. The van der Waals surface area contributed by atoms with E-state index in [0.29, 0.717) is 23.9 Å². The SMILES string of the molecule is Cc1ccc(Cc2cccc(N)n2)c(O/N=C/n2nnnc2C)n1. The molecule has 0 atom stereocenters. The number of anilines is 1. The van der Waals surface area contributed by atoms with E-state index in [1.54, 1.807) is 13.0 Å². The minimum atomic E-state index is 0.404. The van der Waals surface area contributed by atoms with Crippen molar-refractivity contribution in [3.8, 4) is 5.88 Å². The first-order chi connectivity index (χ1) is 11.6. The molecular weight excluding hydrogens is 308 g/mol. The Morgan fingerprint density at radius 1 is 1.21 bits per heavy atom. The van der Waals surface area contributed by atoms with Crippen LogP contribution in [-0.2, 0) is 6.42 Å². The third-order valence-electron chi connectivity index (χ3n) is 3.23. The van der Waals surface area contributed by atoms with E-state index in [9.17, 15) is 0 Å². The van der Waals surface area contributed by atoms with Gasteiger partial charge < -0.3 is 10.6 Å². The van der Waals surface area contributed by atoms with Gasteiger partial charge in [-0.25, -0.2) is 9.97 Å². The molecule has 9 heteroatoms. The first-order valence-corrected chi connectivity index (χ1v) is 7.25. The number of oxime groups is 1. The van der Waals surface area contributed by atoms with Crippen molar-refractivity contribution in [1.82, 2.24) is 30.2 Å². The van der Waals surface area contributed by atoms with Crippen molar-refractivity contribution in [2.75, 3.05) is 5.73 Å². The van der Waals surface area contributed by atoms with Crippen LogP contribution in [0.15, 0.2) is 35.5 Å². The third kappa shape index (κ3) is 3.69. The molecule has 0 radical (unpaired) electrons. The van der Waals surface area contributed by atoms with Gasteiger partial charge >= 0.3 is 0 Å². The zero-order chi connectivity index (χ0) is 16.9. The van der Waals surface area contributed by atoms with E-state index < -0.39 is 0 Å². The van der Waals surface area contributed by atoms with E-state index >= 15 is 0 Å². The average Bonchev–Trinajstić information content (AvgIpc) is 2.95. The molecule has 0 aliphatic rings. The summed E-state index contributed by atoms with van der Waals surface area (Å²) in [6.45, 7) is 3.64. The van der Waals surface area contributed by atoms with Crippen molar-refractivity contribution in [3.05, 3.63) is 53.1 Å². The van der Waals surface area contributed by atoms with Gasteiger partial charge in [-0.05, 0) is 42.5 Å². The number of nitrogen functional groups attached to an aromatic ring is 1. The first kappa shape index (κ1) is 15.5. The molecule has 9 nitrogen and oxygen atoms in total. The minimum Gasteiger partial charge on any atom is -0.384 e. The van der Waals surface area contributed by atoms with Gasteiger partial charge in [0.25, 0.3) is 5.88 Å². The summed E-state index contributed by atoms with van der Waals surface area (Å²) in [5, 5.41) is 14.9. The number of hydrogen-bond acceptors (Lipinski definition) is 8. The van der Waals surface area contributed by atoms with E-state index in [2.05, 4.69) is 30.6 Å². The standard InChI is InChI=1S/C15H16N8O/c1-10-6-7-12(8-13-4-3-5-14(16)19-13)15(18-10)24-17-9-23-11(2)20-21-22-23/h3-7,9H,8H2,1-2H3,(H2,16,19)/b17-9+. The largest absolute Gasteiger partial charge is 0.384 e. The van der Waals surface area contributed by atoms with Crippen LogP contribution in [0.1, 0.15) is 22.8 Å². The predicted molar refractivity (Wildman–Crippen MR) is 87.5 cm³/mol. The zero-order valence-corrected chi connectivity index (χ0v) is 13.3. The molecule has 0 saturated heterocycles. The number of tetrazole rings is 1. The van der Waals surface area contributed by atoms with Crippen molar-refractivity contribution in [1.29, 1.82) is 0 Å². The quantitative estimate of drug-likeness (QED) is 0.424. The van der Waals surface area contributed by atoms with E-state index in [0.717, 1.165) is 17.0 Å². The Morgan fingerprint density at radius 2 is 2.08 bits per heavy atom. The van der Waals surface area contributed by atoms with Gasteiger partial charge in [-0.2, -0.15) is 4.68 Å². The molecule has 2 N–H and O–H groups in total. The van der Waals surface area contributed by atoms with Gasteiger partial charge in [0.2, 0.25) is 0 Å². The van der Waals surface area contributed by atoms with Gasteiger partial charge in [-0.3, -0.25) is 0 Å². The summed E-state index contributed by atoms with van der Waals surface area (Å²) >= 11 is 0. The first-order valence-electron chi connectivity index (χ1n) is 7.25. The summed E-state index contributed by atoms with van der Waals surface area (Å²) in [6.07, 6.45) is 1.91. The number of hydrogen-bond donors (Lipinski definition) is 1. The third-order valence-corrected chi connectivity index (χ3v) is 3.23. The highest BCUT2D eigenvalue weighted by molar-refractivity contribution is 5.56. The number of aryl methyl sites for hydroxylation is 2. The lowest BCUT2D eigenvalue weighted by Gasteiger charge is -2.07. The second kappa shape index (κ2) is 6.82. The molecule has 0 amide bonds. The number of nitrogens with two attached hydrogens (primary N) is 1. The summed E-state index contributed by atoms with van der Waals surface area (Å²) in [4.78, 5) is 14.1. The highest BCUT2D eigenvalue weighted by atomic mass is 16.6. The van der Waals surface area contributed by atoms with Crippen LogP contribution in [0.3, 0.4) is 0 Å². The molecule has 0 aliphatic carbocycles. The van der Waals surface area contributed by atoms with Gasteiger partial charge in [-0.1, -0.05) is 17.3 Å². The highest BCUT2D eigenvalue weighted by Crippen LogP contribution is 2.20. The molecule has 0 spiro atoms. The summed E-state index contributed by atoms with van der Waals surface area (Å²) in [7, 11) is 0. The second-order valence-electron chi connectivity index (χ2n) is 5.13. The van der Waals surface area contributed by atoms with Crippen molar-refractivity contribution in [3.63, 3.8) is 0 Å². The Morgan fingerprint density at radius 3 is 2.83 bits per heavy atom. The molecule has 24 heavy (non-hydrogen) atoms. The summed E-state index contributed by atoms with van der Waals surface area (Å²) < 4.78 is 1.40. The maximum absolute atomic E-state index is 5.72. The normalized spacial score (nSPS) is 11.1. The van der Waals surface area contributed by atoms with E-state index in [-0.39, 0.29) is 0 Å². The van der Waals surface area contributed by atoms with Crippen LogP contribution in [0.25, 0.3) is 0 Å². The summed E-state index contributed by atoms with van der Waals surface area (Å²) in [5.74, 6) is 1.48. The molecule has 0 saturated carbocycles. The van der Waals surface area contributed by atoms with Crippen LogP contribution < -0.4 is 10.6 Å². The lowest BCUT2D eigenvalue weighted by Crippen LogP contribution is -2.04. The maximum atomic E-state index is 5.72. The van der Waals surface area contributed by atoms with Crippen molar-refractivity contribution in [2.24, 2.45) is 5.16 Å². The summed E-state index contributed by atoms with van der Waals surface area (Å²) in [5.41, 5.74) is 8.22. The monoisotopic (exact) mass is 324 g/mol. The maximum Gasteiger partial charge on any atom is 0.252 e. The van der Waals surface area contributed by atoms with Gasteiger partial charge in [0, 0.05) is 23.4 Å². The van der Waals surface area contributed by atoms with E-state index in [1.165, 1.54) is 11.0 Å².